The zero-order valence-electron chi connectivity index (χ0n) is 7.00. The van der Waals surface area contributed by atoms with Gasteiger partial charge >= 0.3 is 0 Å². The highest BCUT2D eigenvalue weighted by atomic mass is 32.1. The van der Waals surface area contributed by atoms with Crippen molar-refractivity contribution in [3.63, 3.8) is 0 Å². The first-order valence-corrected chi connectivity index (χ1v) is 5.76. The fraction of sp³-hybridized carbons (Fsp3) is 1.00. The molecule has 0 aliphatic heterocycles. The van der Waals surface area contributed by atoms with E-state index in [0.717, 1.165) is 11.7 Å². The molecule has 0 saturated heterocycles. The van der Waals surface area contributed by atoms with Gasteiger partial charge in [0.05, 0.1) is 0 Å². The molecule has 0 bridgehead atoms. The van der Waals surface area contributed by atoms with Crippen molar-refractivity contribution in [1.82, 2.24) is 0 Å². The fourth-order valence-electron chi connectivity index (χ4n) is 1.82. The minimum absolute atomic E-state index is 0.527. The average molecular weight is 190 g/mol. The van der Waals surface area contributed by atoms with Crippen LogP contribution in [0.3, 0.4) is 0 Å². The summed E-state index contributed by atoms with van der Waals surface area (Å²) in [5, 5.41) is 0.527. The van der Waals surface area contributed by atoms with Crippen LogP contribution in [0.15, 0.2) is 0 Å². The van der Waals surface area contributed by atoms with Gasteiger partial charge in [0, 0.05) is 11.0 Å². The molecule has 66 valence electrons. The van der Waals surface area contributed by atoms with E-state index in [1.165, 1.54) is 38.5 Å². The van der Waals surface area contributed by atoms with E-state index in [1.807, 2.05) is 0 Å². The molecule has 0 N–H and O–H groups in total. The first kappa shape index (κ1) is 9.79. The van der Waals surface area contributed by atoms with Crippen molar-refractivity contribution in [3.8, 4) is 0 Å². The topological polar surface area (TPSA) is 0 Å². The number of rotatable bonds is 4. The van der Waals surface area contributed by atoms with Crippen LogP contribution in [0.5, 0.6) is 0 Å². The Kier molecular flexibility index (Phi) is 4.77. The molecule has 0 radical (unpaired) electrons. The summed E-state index contributed by atoms with van der Waals surface area (Å²) in [6.07, 6.45) is 8.50. The molecule has 1 rings (SSSR count). The summed E-state index contributed by atoms with van der Waals surface area (Å²) in [7, 11) is 0. The van der Waals surface area contributed by atoms with Crippen LogP contribution in [0.2, 0.25) is 0 Å². The van der Waals surface area contributed by atoms with E-state index >= 15 is 0 Å². The number of hydrogen-bond acceptors (Lipinski definition) is 2. The van der Waals surface area contributed by atoms with Crippen LogP contribution in [-0.4, -0.2) is 11.0 Å². The SMILES string of the molecule is SCC(S)CCC1CCCC1. The van der Waals surface area contributed by atoms with Gasteiger partial charge in [-0.25, -0.2) is 0 Å². The van der Waals surface area contributed by atoms with Crippen LogP contribution in [0.25, 0.3) is 0 Å². The second kappa shape index (κ2) is 5.36. The quantitative estimate of drug-likeness (QED) is 0.625. The lowest BCUT2D eigenvalue weighted by Gasteiger charge is -2.11. The highest BCUT2D eigenvalue weighted by Gasteiger charge is 2.15. The summed E-state index contributed by atoms with van der Waals surface area (Å²) >= 11 is 8.64. The van der Waals surface area contributed by atoms with Crippen molar-refractivity contribution < 1.29 is 0 Å². The van der Waals surface area contributed by atoms with Gasteiger partial charge in [-0.3, -0.25) is 0 Å². The van der Waals surface area contributed by atoms with E-state index in [1.54, 1.807) is 0 Å². The standard InChI is InChI=1S/C9H18S2/c10-7-9(11)6-5-8-3-1-2-4-8/h8-11H,1-7H2. The highest BCUT2D eigenvalue weighted by Crippen LogP contribution is 2.29. The third-order valence-corrected chi connectivity index (χ3v) is 3.76. The molecule has 0 heterocycles. The molecular formula is C9H18S2. The molecule has 0 aromatic heterocycles. The van der Waals surface area contributed by atoms with E-state index in [2.05, 4.69) is 25.3 Å². The second-order valence-electron chi connectivity index (χ2n) is 3.56. The van der Waals surface area contributed by atoms with Crippen molar-refractivity contribution in [2.24, 2.45) is 5.92 Å². The zero-order chi connectivity index (χ0) is 8.10. The second-order valence-corrected chi connectivity index (χ2v) is 4.66. The minimum Gasteiger partial charge on any atom is -0.178 e. The zero-order valence-corrected chi connectivity index (χ0v) is 8.79. The molecule has 0 amide bonds. The van der Waals surface area contributed by atoms with Crippen molar-refractivity contribution in [3.05, 3.63) is 0 Å². The lowest BCUT2D eigenvalue weighted by molar-refractivity contribution is 0.485. The highest BCUT2D eigenvalue weighted by molar-refractivity contribution is 7.84. The Labute approximate surface area is 81.0 Å². The molecule has 1 unspecified atom stereocenters. The van der Waals surface area contributed by atoms with Gasteiger partial charge in [0.15, 0.2) is 0 Å². The summed E-state index contributed by atoms with van der Waals surface area (Å²) in [6, 6.07) is 0. The minimum atomic E-state index is 0.527. The van der Waals surface area contributed by atoms with Gasteiger partial charge in [-0.05, 0) is 18.8 Å². The van der Waals surface area contributed by atoms with Gasteiger partial charge < -0.3 is 0 Å². The van der Waals surface area contributed by atoms with Crippen LogP contribution in [0, 0.1) is 5.92 Å². The fourth-order valence-corrected chi connectivity index (χ4v) is 2.15. The third kappa shape index (κ3) is 3.75. The molecule has 11 heavy (non-hydrogen) atoms. The predicted octanol–water partition coefficient (Wildman–Crippen LogP) is 3.19. The Hall–Kier alpha value is 0.700. The van der Waals surface area contributed by atoms with Gasteiger partial charge in [-0.15, -0.1) is 0 Å². The van der Waals surface area contributed by atoms with Crippen LogP contribution in [-0.2, 0) is 0 Å². The summed E-state index contributed by atoms with van der Waals surface area (Å²) in [4.78, 5) is 0. The van der Waals surface area contributed by atoms with Crippen molar-refractivity contribution in [1.29, 1.82) is 0 Å². The Balaban J connectivity index is 2.01. The smallest absolute Gasteiger partial charge is 0.0105 e. The van der Waals surface area contributed by atoms with Crippen LogP contribution in [0.1, 0.15) is 38.5 Å². The van der Waals surface area contributed by atoms with Gasteiger partial charge in [-0.2, -0.15) is 25.3 Å². The molecule has 0 aromatic rings. The average Bonchev–Trinajstić information content (AvgIpc) is 2.52. The summed E-state index contributed by atoms with van der Waals surface area (Å²) in [5.41, 5.74) is 0. The Morgan fingerprint density at radius 2 is 1.91 bits per heavy atom. The van der Waals surface area contributed by atoms with E-state index in [4.69, 9.17) is 0 Å². The normalized spacial score (nSPS) is 22.4. The molecule has 0 spiro atoms. The van der Waals surface area contributed by atoms with Gasteiger partial charge in [0.25, 0.3) is 0 Å². The maximum Gasteiger partial charge on any atom is 0.0105 e. The maximum atomic E-state index is 4.43. The maximum absolute atomic E-state index is 4.43. The van der Waals surface area contributed by atoms with Crippen molar-refractivity contribution in [2.45, 2.75) is 43.8 Å². The Bertz CT molecular complexity index is 97.7. The molecule has 1 fully saturated rings. The van der Waals surface area contributed by atoms with Crippen LogP contribution >= 0.6 is 25.3 Å². The number of hydrogen-bond donors (Lipinski definition) is 2. The largest absolute Gasteiger partial charge is 0.178 e. The molecule has 1 aliphatic carbocycles. The molecule has 1 atom stereocenters. The van der Waals surface area contributed by atoms with Crippen molar-refractivity contribution in [2.75, 3.05) is 5.75 Å². The Morgan fingerprint density at radius 1 is 1.27 bits per heavy atom. The van der Waals surface area contributed by atoms with Gasteiger partial charge in [0.1, 0.15) is 0 Å². The summed E-state index contributed by atoms with van der Waals surface area (Å²) < 4.78 is 0. The molecule has 1 aliphatic rings. The predicted molar refractivity (Wildman–Crippen MR) is 57.8 cm³/mol. The van der Waals surface area contributed by atoms with E-state index in [-0.39, 0.29) is 0 Å². The molecule has 0 nitrogen and oxygen atoms in total. The van der Waals surface area contributed by atoms with Crippen LogP contribution in [0.4, 0.5) is 0 Å². The third-order valence-electron chi connectivity index (χ3n) is 2.59. The number of thiol groups is 2. The molecule has 1 saturated carbocycles. The van der Waals surface area contributed by atoms with Gasteiger partial charge in [0.2, 0.25) is 0 Å². The van der Waals surface area contributed by atoms with E-state index < -0.39 is 0 Å². The van der Waals surface area contributed by atoms with Crippen molar-refractivity contribution >= 4 is 25.3 Å². The molecular weight excluding hydrogens is 172 g/mol. The molecule has 2 heteroatoms. The van der Waals surface area contributed by atoms with Crippen LogP contribution < -0.4 is 0 Å². The monoisotopic (exact) mass is 190 g/mol. The van der Waals surface area contributed by atoms with E-state index in [0.29, 0.717) is 5.25 Å². The molecule has 0 aromatic carbocycles. The van der Waals surface area contributed by atoms with Gasteiger partial charge in [-0.1, -0.05) is 25.7 Å². The lowest BCUT2D eigenvalue weighted by atomic mass is 10.0. The lowest BCUT2D eigenvalue weighted by Crippen LogP contribution is -2.03. The first-order chi connectivity index (χ1) is 5.33. The first-order valence-electron chi connectivity index (χ1n) is 4.62. The summed E-state index contributed by atoms with van der Waals surface area (Å²) in [6.45, 7) is 0. The van der Waals surface area contributed by atoms with E-state index in [9.17, 15) is 0 Å². The summed E-state index contributed by atoms with van der Waals surface area (Å²) in [5.74, 6) is 1.94. The Morgan fingerprint density at radius 3 is 2.45 bits per heavy atom.